The number of thiophene rings is 1. The number of hydrogen-bond donors (Lipinski definition) is 1. The summed E-state index contributed by atoms with van der Waals surface area (Å²) in [6.07, 6.45) is 7.64. The van der Waals surface area contributed by atoms with Crippen LogP contribution in [-0.4, -0.2) is 30.4 Å². The third-order valence-corrected chi connectivity index (χ3v) is 4.77. The van der Waals surface area contributed by atoms with Crippen molar-refractivity contribution < 1.29 is 4.79 Å². The normalized spacial score (nSPS) is 23.6. The van der Waals surface area contributed by atoms with Crippen molar-refractivity contribution in [2.75, 3.05) is 19.6 Å². The summed E-state index contributed by atoms with van der Waals surface area (Å²) >= 11 is 1.65. The molecule has 0 aromatic carbocycles. The van der Waals surface area contributed by atoms with Crippen molar-refractivity contribution in [2.45, 2.75) is 25.3 Å². The molecular weight excluding hydrogens is 244 g/mol. The maximum Gasteiger partial charge on any atom is 0.264 e. The second-order valence-corrected chi connectivity index (χ2v) is 5.98. The molecule has 96 valence electrons. The summed E-state index contributed by atoms with van der Waals surface area (Å²) in [7, 11) is 0. The van der Waals surface area contributed by atoms with Gasteiger partial charge in [0.2, 0.25) is 0 Å². The van der Waals surface area contributed by atoms with Gasteiger partial charge in [-0.25, -0.2) is 0 Å². The summed E-state index contributed by atoms with van der Waals surface area (Å²) in [5.41, 5.74) is 0. The number of carbonyl (C=O) groups excluding carboxylic acids is 1. The van der Waals surface area contributed by atoms with Gasteiger partial charge in [-0.2, -0.15) is 0 Å². The van der Waals surface area contributed by atoms with Crippen LogP contribution in [-0.2, 0) is 0 Å². The molecule has 3 rings (SSSR count). The predicted octanol–water partition coefficient (Wildman–Crippen LogP) is 2.57. The monoisotopic (exact) mass is 262 g/mol. The topological polar surface area (TPSA) is 32.3 Å². The Morgan fingerprint density at radius 2 is 2.33 bits per heavy atom. The maximum absolute atomic E-state index is 12.3. The van der Waals surface area contributed by atoms with E-state index in [2.05, 4.69) is 23.5 Å². The van der Waals surface area contributed by atoms with Gasteiger partial charge < -0.3 is 10.2 Å². The van der Waals surface area contributed by atoms with E-state index in [1.54, 1.807) is 11.3 Å². The molecule has 1 saturated heterocycles. The smallest absolute Gasteiger partial charge is 0.264 e. The van der Waals surface area contributed by atoms with E-state index in [4.69, 9.17) is 0 Å². The van der Waals surface area contributed by atoms with Crippen molar-refractivity contribution in [3.8, 4) is 0 Å². The first kappa shape index (κ1) is 11.9. The van der Waals surface area contributed by atoms with E-state index in [1.165, 1.54) is 17.7 Å². The number of rotatable bonds is 2. The summed E-state index contributed by atoms with van der Waals surface area (Å²) in [5.74, 6) is 0.189. The zero-order chi connectivity index (χ0) is 12.4. The van der Waals surface area contributed by atoms with E-state index >= 15 is 0 Å². The molecule has 4 heteroatoms. The van der Waals surface area contributed by atoms with E-state index in [1.807, 2.05) is 11.0 Å². The Balaban J connectivity index is 1.72. The van der Waals surface area contributed by atoms with Crippen LogP contribution in [0.15, 0.2) is 24.3 Å². The molecule has 1 aromatic heterocycles. The molecular formula is C14H18N2OS. The van der Waals surface area contributed by atoms with E-state index in [0.29, 0.717) is 6.04 Å². The molecule has 2 aliphatic heterocycles. The van der Waals surface area contributed by atoms with Crippen LogP contribution in [0.3, 0.4) is 0 Å². The fraction of sp³-hybridized carbons (Fsp3) is 0.500. The van der Waals surface area contributed by atoms with Crippen LogP contribution in [0, 0.1) is 0 Å². The molecule has 0 saturated carbocycles. The lowest BCUT2D eigenvalue weighted by molar-refractivity contribution is 0.0776. The van der Waals surface area contributed by atoms with Crippen LogP contribution in [0.25, 0.3) is 0 Å². The molecule has 1 fully saturated rings. The largest absolute Gasteiger partial charge is 0.334 e. The quantitative estimate of drug-likeness (QED) is 0.831. The van der Waals surface area contributed by atoms with Crippen molar-refractivity contribution in [1.29, 1.82) is 0 Å². The minimum absolute atomic E-state index is 0.189. The van der Waals surface area contributed by atoms with Crippen LogP contribution in [0.5, 0.6) is 0 Å². The highest BCUT2D eigenvalue weighted by Gasteiger charge is 2.22. The lowest BCUT2D eigenvalue weighted by Gasteiger charge is -2.22. The molecule has 0 radical (unpaired) electrons. The van der Waals surface area contributed by atoms with Gasteiger partial charge in [-0.1, -0.05) is 12.2 Å². The predicted molar refractivity (Wildman–Crippen MR) is 74.0 cm³/mol. The van der Waals surface area contributed by atoms with Gasteiger partial charge in [0.15, 0.2) is 0 Å². The minimum atomic E-state index is 0.189. The molecule has 0 aliphatic carbocycles. The molecule has 18 heavy (non-hydrogen) atoms. The van der Waals surface area contributed by atoms with Gasteiger partial charge in [-0.3, -0.25) is 4.79 Å². The average molecular weight is 262 g/mol. The highest BCUT2D eigenvalue weighted by Crippen LogP contribution is 2.30. The highest BCUT2D eigenvalue weighted by atomic mass is 32.1. The third kappa shape index (κ3) is 2.35. The van der Waals surface area contributed by atoms with Gasteiger partial charge in [0.05, 0.1) is 4.88 Å². The van der Waals surface area contributed by atoms with E-state index in [-0.39, 0.29) is 5.91 Å². The van der Waals surface area contributed by atoms with E-state index in [0.717, 1.165) is 30.9 Å². The average Bonchev–Trinajstić information content (AvgIpc) is 3.09. The van der Waals surface area contributed by atoms with Gasteiger partial charge in [-0.15, -0.1) is 11.3 Å². The second kappa shape index (κ2) is 5.24. The number of amides is 1. The van der Waals surface area contributed by atoms with E-state index in [9.17, 15) is 4.79 Å². The Bertz CT molecular complexity index is 460. The molecule has 0 bridgehead atoms. The molecule has 0 spiro atoms. The number of nitrogens with one attached hydrogen (secondary N) is 1. The summed E-state index contributed by atoms with van der Waals surface area (Å²) < 4.78 is 0. The Morgan fingerprint density at radius 1 is 1.39 bits per heavy atom. The Kier molecular flexibility index (Phi) is 3.48. The molecule has 1 amide bonds. The first-order valence-corrected chi connectivity index (χ1v) is 7.43. The van der Waals surface area contributed by atoms with Crippen LogP contribution in [0.1, 0.15) is 39.9 Å². The SMILES string of the molecule is O=C(c1ccc(C2CCCN2)s1)N1CC=CCC1. The molecule has 1 atom stereocenters. The zero-order valence-corrected chi connectivity index (χ0v) is 11.2. The Labute approximate surface area is 111 Å². The second-order valence-electron chi connectivity index (χ2n) is 4.86. The first-order valence-electron chi connectivity index (χ1n) is 6.62. The lowest BCUT2D eigenvalue weighted by atomic mass is 10.2. The van der Waals surface area contributed by atoms with Gasteiger partial charge in [0.1, 0.15) is 0 Å². The van der Waals surface area contributed by atoms with Gasteiger partial charge in [0.25, 0.3) is 5.91 Å². The fourth-order valence-corrected chi connectivity index (χ4v) is 3.65. The van der Waals surface area contributed by atoms with Crippen molar-refractivity contribution >= 4 is 17.2 Å². The number of hydrogen-bond acceptors (Lipinski definition) is 3. The molecule has 1 aromatic rings. The summed E-state index contributed by atoms with van der Waals surface area (Å²) in [6.45, 7) is 2.71. The Hall–Kier alpha value is -1.13. The van der Waals surface area contributed by atoms with Gasteiger partial charge >= 0.3 is 0 Å². The van der Waals surface area contributed by atoms with Crippen LogP contribution >= 0.6 is 11.3 Å². The molecule has 2 aliphatic rings. The first-order chi connectivity index (χ1) is 8.84. The molecule has 3 nitrogen and oxygen atoms in total. The molecule has 1 N–H and O–H groups in total. The van der Waals surface area contributed by atoms with Crippen molar-refractivity contribution in [1.82, 2.24) is 10.2 Å². The number of nitrogens with zero attached hydrogens (tertiary/aromatic N) is 1. The maximum atomic E-state index is 12.3. The van der Waals surface area contributed by atoms with Gasteiger partial charge in [0, 0.05) is 24.0 Å². The third-order valence-electron chi connectivity index (χ3n) is 3.59. The summed E-state index contributed by atoms with van der Waals surface area (Å²) in [4.78, 5) is 16.4. The van der Waals surface area contributed by atoms with Crippen molar-refractivity contribution in [3.05, 3.63) is 34.0 Å². The molecule has 1 unspecified atom stereocenters. The van der Waals surface area contributed by atoms with Gasteiger partial charge in [-0.05, 0) is 37.9 Å². The zero-order valence-electron chi connectivity index (χ0n) is 10.4. The van der Waals surface area contributed by atoms with E-state index < -0.39 is 0 Å². The Morgan fingerprint density at radius 3 is 3.06 bits per heavy atom. The van der Waals surface area contributed by atoms with Crippen molar-refractivity contribution in [3.63, 3.8) is 0 Å². The number of carbonyl (C=O) groups is 1. The van der Waals surface area contributed by atoms with Crippen LogP contribution < -0.4 is 5.32 Å². The van der Waals surface area contributed by atoms with Crippen LogP contribution in [0.2, 0.25) is 0 Å². The lowest BCUT2D eigenvalue weighted by Crippen LogP contribution is -2.33. The fourth-order valence-electron chi connectivity index (χ4n) is 2.56. The van der Waals surface area contributed by atoms with Crippen molar-refractivity contribution in [2.24, 2.45) is 0 Å². The minimum Gasteiger partial charge on any atom is -0.334 e. The molecule has 3 heterocycles. The highest BCUT2D eigenvalue weighted by molar-refractivity contribution is 7.14. The summed E-state index contributed by atoms with van der Waals surface area (Å²) in [6, 6.07) is 4.57. The van der Waals surface area contributed by atoms with Crippen LogP contribution in [0.4, 0.5) is 0 Å². The summed E-state index contributed by atoms with van der Waals surface area (Å²) in [5, 5.41) is 3.48. The standard InChI is InChI=1S/C14H18N2OS/c17-14(16-9-2-1-3-10-16)13-7-6-12(18-13)11-5-4-8-15-11/h1-2,6-7,11,15H,3-5,8-10H2.